The van der Waals surface area contributed by atoms with Gasteiger partial charge in [0.1, 0.15) is 0 Å². The van der Waals surface area contributed by atoms with Crippen molar-refractivity contribution in [3.05, 3.63) is 42.0 Å². The number of carbonyl (C=O) groups is 1. The summed E-state index contributed by atoms with van der Waals surface area (Å²) in [5.41, 5.74) is 3.73. The predicted octanol–water partition coefficient (Wildman–Crippen LogP) is 1.47. The van der Waals surface area contributed by atoms with Crippen LogP contribution in [0.1, 0.15) is 19.4 Å². The molecule has 0 heterocycles. The molecule has 96 valence electrons. The third-order valence-electron chi connectivity index (χ3n) is 2.18. The van der Waals surface area contributed by atoms with Crippen molar-refractivity contribution in [2.75, 3.05) is 0 Å². The summed E-state index contributed by atoms with van der Waals surface area (Å²) in [7, 11) is 0. The molecule has 3 N–H and O–H groups in total. The number of nitrogens with zero attached hydrogens (tertiary/aromatic N) is 1. The van der Waals surface area contributed by atoms with E-state index in [9.17, 15) is 4.79 Å². The molecule has 0 fully saturated rings. The number of rotatable bonds is 5. The molecule has 1 unspecified atom stereocenters. The highest BCUT2D eigenvalue weighted by Crippen LogP contribution is 2.01. The fraction of sp³-hybridized carbons (Fsp3) is 0.231. The summed E-state index contributed by atoms with van der Waals surface area (Å²) < 4.78 is 0. The van der Waals surface area contributed by atoms with Crippen molar-refractivity contribution in [1.82, 2.24) is 5.43 Å². The van der Waals surface area contributed by atoms with E-state index in [0.29, 0.717) is 5.71 Å². The summed E-state index contributed by atoms with van der Waals surface area (Å²) in [6, 6.07) is 9.82. The maximum atomic E-state index is 11.1. The lowest BCUT2D eigenvalue weighted by Gasteiger charge is -2.07. The van der Waals surface area contributed by atoms with Crippen molar-refractivity contribution in [2.24, 2.45) is 11.0 Å². The molecule has 18 heavy (non-hydrogen) atoms. The SMILES string of the molecule is CC(/C=C/c1ccccc1)=N\OC(C)C(=O)NN. The highest BCUT2D eigenvalue weighted by Gasteiger charge is 2.11. The van der Waals surface area contributed by atoms with Gasteiger partial charge in [0.05, 0.1) is 5.71 Å². The maximum Gasteiger partial charge on any atom is 0.277 e. The first kappa shape index (κ1) is 13.9. The molecule has 0 spiro atoms. The van der Waals surface area contributed by atoms with Gasteiger partial charge in [0.15, 0.2) is 0 Å². The van der Waals surface area contributed by atoms with Gasteiger partial charge in [0, 0.05) is 0 Å². The van der Waals surface area contributed by atoms with Gasteiger partial charge in [-0.05, 0) is 25.5 Å². The van der Waals surface area contributed by atoms with Crippen LogP contribution in [0.4, 0.5) is 0 Å². The Kier molecular flexibility index (Phi) is 5.60. The molecule has 1 aromatic carbocycles. The second kappa shape index (κ2) is 7.24. The molecule has 5 heteroatoms. The number of carbonyl (C=O) groups excluding carboxylic acids is 1. The number of allylic oxidation sites excluding steroid dienone is 1. The van der Waals surface area contributed by atoms with Gasteiger partial charge in [-0.15, -0.1) is 0 Å². The van der Waals surface area contributed by atoms with Gasteiger partial charge in [-0.25, -0.2) is 5.84 Å². The minimum absolute atomic E-state index is 0.418. The Morgan fingerprint density at radius 2 is 2.11 bits per heavy atom. The second-order valence-corrected chi connectivity index (χ2v) is 3.73. The van der Waals surface area contributed by atoms with Crippen molar-refractivity contribution in [3.8, 4) is 0 Å². The van der Waals surface area contributed by atoms with Crippen LogP contribution < -0.4 is 11.3 Å². The van der Waals surface area contributed by atoms with E-state index < -0.39 is 12.0 Å². The summed E-state index contributed by atoms with van der Waals surface area (Å²) in [6.45, 7) is 3.35. The number of hydrogen-bond acceptors (Lipinski definition) is 4. The fourth-order valence-corrected chi connectivity index (χ4v) is 1.14. The number of oxime groups is 1. The largest absolute Gasteiger partial charge is 0.382 e. The molecule has 0 aliphatic heterocycles. The number of benzene rings is 1. The molecule has 0 aliphatic carbocycles. The zero-order valence-electron chi connectivity index (χ0n) is 10.5. The lowest BCUT2D eigenvalue weighted by atomic mass is 10.2. The zero-order valence-corrected chi connectivity index (χ0v) is 10.5. The van der Waals surface area contributed by atoms with Gasteiger partial charge in [-0.3, -0.25) is 10.2 Å². The van der Waals surface area contributed by atoms with E-state index in [1.54, 1.807) is 13.8 Å². The van der Waals surface area contributed by atoms with Crippen LogP contribution in [-0.2, 0) is 9.63 Å². The summed E-state index contributed by atoms with van der Waals surface area (Å²) in [5, 5.41) is 3.82. The standard InChI is InChI=1S/C13H17N3O2/c1-10(16-18-11(2)13(17)15-14)8-9-12-6-4-3-5-7-12/h3-9,11H,14H2,1-2H3,(H,15,17)/b9-8+,16-10+. The normalized spacial score (nSPS) is 13.4. The molecule has 0 aromatic heterocycles. The molecule has 1 amide bonds. The summed E-state index contributed by atoms with van der Waals surface area (Å²) in [5.74, 6) is 4.55. The summed E-state index contributed by atoms with van der Waals surface area (Å²) >= 11 is 0. The van der Waals surface area contributed by atoms with Crippen LogP contribution >= 0.6 is 0 Å². The molecule has 0 bridgehead atoms. The molecule has 5 nitrogen and oxygen atoms in total. The van der Waals surface area contributed by atoms with Crippen molar-refractivity contribution in [2.45, 2.75) is 20.0 Å². The van der Waals surface area contributed by atoms with Gasteiger partial charge in [0.25, 0.3) is 5.91 Å². The highest BCUT2D eigenvalue weighted by molar-refractivity contribution is 5.96. The molecule has 1 rings (SSSR count). The lowest BCUT2D eigenvalue weighted by Crippen LogP contribution is -2.38. The van der Waals surface area contributed by atoms with E-state index in [4.69, 9.17) is 10.7 Å². The van der Waals surface area contributed by atoms with Crippen molar-refractivity contribution < 1.29 is 9.63 Å². The first-order valence-electron chi connectivity index (χ1n) is 5.57. The Balaban J connectivity index is 2.52. The maximum absolute atomic E-state index is 11.1. The first-order valence-corrected chi connectivity index (χ1v) is 5.57. The van der Waals surface area contributed by atoms with Crippen LogP contribution in [0.15, 0.2) is 41.6 Å². The average molecular weight is 247 g/mol. The molecule has 0 saturated heterocycles. The van der Waals surface area contributed by atoms with Crippen LogP contribution in [0.2, 0.25) is 0 Å². The van der Waals surface area contributed by atoms with E-state index in [2.05, 4.69) is 5.16 Å². The Labute approximate surface area is 106 Å². The number of nitrogens with one attached hydrogen (secondary N) is 1. The second-order valence-electron chi connectivity index (χ2n) is 3.73. The van der Waals surface area contributed by atoms with E-state index in [-0.39, 0.29) is 0 Å². The number of hydrazine groups is 1. The van der Waals surface area contributed by atoms with Gasteiger partial charge >= 0.3 is 0 Å². The Morgan fingerprint density at radius 1 is 1.44 bits per heavy atom. The Hall–Kier alpha value is -2.14. The van der Waals surface area contributed by atoms with Crippen LogP contribution in [0.3, 0.4) is 0 Å². The average Bonchev–Trinajstić information content (AvgIpc) is 2.42. The minimum Gasteiger partial charge on any atom is -0.382 e. The minimum atomic E-state index is -0.713. The highest BCUT2D eigenvalue weighted by atomic mass is 16.6. The fourth-order valence-electron chi connectivity index (χ4n) is 1.14. The van der Waals surface area contributed by atoms with Gasteiger partial charge < -0.3 is 4.84 Å². The third-order valence-corrected chi connectivity index (χ3v) is 2.18. The molecule has 0 radical (unpaired) electrons. The van der Waals surface area contributed by atoms with Gasteiger partial charge in [-0.2, -0.15) is 0 Å². The smallest absolute Gasteiger partial charge is 0.277 e. The molecular formula is C13H17N3O2. The topological polar surface area (TPSA) is 76.7 Å². The van der Waals surface area contributed by atoms with Crippen molar-refractivity contribution in [1.29, 1.82) is 0 Å². The molecular weight excluding hydrogens is 230 g/mol. The molecule has 0 aliphatic rings. The van der Waals surface area contributed by atoms with Crippen LogP contribution in [0, 0.1) is 0 Å². The summed E-state index contributed by atoms with van der Waals surface area (Å²) in [4.78, 5) is 16.0. The quantitative estimate of drug-likeness (QED) is 0.358. The van der Waals surface area contributed by atoms with E-state index in [1.165, 1.54) is 0 Å². The lowest BCUT2D eigenvalue weighted by molar-refractivity contribution is -0.131. The van der Waals surface area contributed by atoms with E-state index in [0.717, 1.165) is 5.56 Å². The third kappa shape index (κ3) is 4.80. The first-order chi connectivity index (χ1) is 8.63. The van der Waals surface area contributed by atoms with Crippen LogP contribution in [-0.4, -0.2) is 17.7 Å². The number of hydrogen-bond donors (Lipinski definition) is 2. The summed E-state index contributed by atoms with van der Waals surface area (Å²) in [6.07, 6.45) is 3.01. The Morgan fingerprint density at radius 3 is 2.72 bits per heavy atom. The monoisotopic (exact) mass is 247 g/mol. The van der Waals surface area contributed by atoms with Gasteiger partial charge in [0.2, 0.25) is 6.10 Å². The van der Waals surface area contributed by atoms with E-state index in [1.807, 2.05) is 47.9 Å². The van der Waals surface area contributed by atoms with Crippen molar-refractivity contribution >= 4 is 17.7 Å². The Bertz CT molecular complexity index is 441. The molecule has 1 atom stereocenters. The van der Waals surface area contributed by atoms with Crippen LogP contribution in [0.25, 0.3) is 6.08 Å². The van der Waals surface area contributed by atoms with Crippen LogP contribution in [0.5, 0.6) is 0 Å². The van der Waals surface area contributed by atoms with Crippen molar-refractivity contribution in [3.63, 3.8) is 0 Å². The zero-order chi connectivity index (χ0) is 13.4. The van der Waals surface area contributed by atoms with E-state index >= 15 is 0 Å². The molecule has 1 aromatic rings. The number of amides is 1. The predicted molar refractivity (Wildman–Crippen MR) is 71.5 cm³/mol. The molecule has 0 saturated carbocycles. The number of nitrogens with two attached hydrogens (primary N) is 1. The van der Waals surface area contributed by atoms with Gasteiger partial charge in [-0.1, -0.05) is 41.6 Å².